The molecule has 0 aliphatic carbocycles. The topological polar surface area (TPSA) is 77.7 Å². The summed E-state index contributed by atoms with van der Waals surface area (Å²) in [4.78, 5) is 1.06. The van der Waals surface area contributed by atoms with Crippen LogP contribution in [0.15, 0.2) is 24.3 Å². The minimum atomic E-state index is -4.46. The molecule has 2 rings (SSSR count). The van der Waals surface area contributed by atoms with E-state index in [1.54, 1.807) is 0 Å². The Hall–Kier alpha value is -1.97. The standard InChI is InChI=1S/C12H13F3N4O2S/c1-2-22(20,21)7-6-19-17-11(16-18-19)9-4-3-5-10(8-9)12(13,14)15/h3-5,8H,2,6-7H2,1H3. The molecule has 0 atom stereocenters. The van der Waals surface area contributed by atoms with Gasteiger partial charge in [-0.2, -0.15) is 18.0 Å². The lowest BCUT2D eigenvalue weighted by Crippen LogP contribution is -2.16. The first-order valence-corrected chi connectivity index (χ1v) is 8.19. The lowest BCUT2D eigenvalue weighted by molar-refractivity contribution is -0.137. The monoisotopic (exact) mass is 334 g/mol. The summed E-state index contributed by atoms with van der Waals surface area (Å²) in [6.45, 7) is 1.53. The Morgan fingerprint density at radius 2 is 2.00 bits per heavy atom. The molecular weight excluding hydrogens is 321 g/mol. The molecule has 10 heteroatoms. The molecule has 1 aromatic carbocycles. The maximum Gasteiger partial charge on any atom is 0.416 e. The summed E-state index contributed by atoms with van der Waals surface area (Å²) in [5, 5.41) is 11.2. The fourth-order valence-electron chi connectivity index (χ4n) is 1.65. The molecule has 0 N–H and O–H groups in total. The molecule has 22 heavy (non-hydrogen) atoms. The van der Waals surface area contributed by atoms with E-state index in [9.17, 15) is 21.6 Å². The lowest BCUT2D eigenvalue weighted by Gasteiger charge is -2.06. The van der Waals surface area contributed by atoms with Crippen LogP contribution in [0, 0.1) is 0 Å². The van der Waals surface area contributed by atoms with Crippen molar-refractivity contribution in [2.24, 2.45) is 0 Å². The molecule has 0 aliphatic rings. The van der Waals surface area contributed by atoms with E-state index in [4.69, 9.17) is 0 Å². The second-order valence-corrected chi connectivity index (χ2v) is 7.00. The van der Waals surface area contributed by atoms with Crippen molar-refractivity contribution in [2.45, 2.75) is 19.6 Å². The van der Waals surface area contributed by atoms with E-state index in [1.165, 1.54) is 19.1 Å². The zero-order valence-electron chi connectivity index (χ0n) is 11.6. The van der Waals surface area contributed by atoms with Crippen LogP contribution in [0.2, 0.25) is 0 Å². The van der Waals surface area contributed by atoms with E-state index < -0.39 is 21.6 Å². The zero-order valence-corrected chi connectivity index (χ0v) is 12.4. The van der Waals surface area contributed by atoms with Crippen LogP contribution in [0.5, 0.6) is 0 Å². The third kappa shape index (κ3) is 4.03. The van der Waals surface area contributed by atoms with Crippen LogP contribution in [0.3, 0.4) is 0 Å². The van der Waals surface area contributed by atoms with Gasteiger partial charge in [-0.15, -0.1) is 10.2 Å². The number of halogens is 3. The van der Waals surface area contributed by atoms with E-state index in [1.807, 2.05) is 0 Å². The number of sulfone groups is 1. The van der Waals surface area contributed by atoms with Crippen LogP contribution in [-0.4, -0.2) is 40.1 Å². The van der Waals surface area contributed by atoms with Gasteiger partial charge in [0.25, 0.3) is 0 Å². The van der Waals surface area contributed by atoms with Gasteiger partial charge in [0.2, 0.25) is 5.82 Å². The number of rotatable bonds is 5. The highest BCUT2D eigenvalue weighted by Gasteiger charge is 2.30. The van der Waals surface area contributed by atoms with Crippen molar-refractivity contribution >= 4 is 9.84 Å². The van der Waals surface area contributed by atoms with Crippen LogP contribution in [0.4, 0.5) is 13.2 Å². The molecule has 0 fully saturated rings. The van der Waals surface area contributed by atoms with Gasteiger partial charge in [-0.3, -0.25) is 0 Å². The number of aromatic nitrogens is 4. The van der Waals surface area contributed by atoms with Gasteiger partial charge in [-0.1, -0.05) is 19.1 Å². The molecule has 1 aromatic heterocycles. The summed E-state index contributed by atoms with van der Waals surface area (Å²) in [5.74, 6) is -0.135. The summed E-state index contributed by atoms with van der Waals surface area (Å²) >= 11 is 0. The fourth-order valence-corrected chi connectivity index (χ4v) is 2.38. The highest BCUT2D eigenvalue weighted by molar-refractivity contribution is 7.91. The molecule has 0 radical (unpaired) electrons. The van der Waals surface area contributed by atoms with Gasteiger partial charge in [0.15, 0.2) is 9.84 Å². The quantitative estimate of drug-likeness (QED) is 0.833. The molecule has 0 saturated carbocycles. The number of hydrogen-bond acceptors (Lipinski definition) is 5. The minimum Gasteiger partial charge on any atom is -0.229 e. The van der Waals surface area contributed by atoms with Crippen LogP contribution in [0.25, 0.3) is 11.4 Å². The number of aryl methyl sites for hydroxylation is 1. The first-order chi connectivity index (χ1) is 10.2. The molecule has 0 bridgehead atoms. The Labute approximate surface area is 124 Å². The third-order valence-corrected chi connectivity index (χ3v) is 4.63. The van der Waals surface area contributed by atoms with Gasteiger partial charge in [-0.05, 0) is 17.3 Å². The van der Waals surface area contributed by atoms with Crippen molar-refractivity contribution in [3.8, 4) is 11.4 Å². The van der Waals surface area contributed by atoms with E-state index in [-0.39, 0.29) is 29.4 Å². The smallest absolute Gasteiger partial charge is 0.229 e. The van der Waals surface area contributed by atoms with Crippen molar-refractivity contribution in [3.63, 3.8) is 0 Å². The summed E-state index contributed by atoms with van der Waals surface area (Å²) in [6, 6.07) is 4.55. The predicted molar refractivity (Wildman–Crippen MR) is 72.6 cm³/mol. The molecular formula is C12H13F3N4O2S. The molecule has 0 saturated heterocycles. The van der Waals surface area contributed by atoms with Crippen molar-refractivity contribution < 1.29 is 21.6 Å². The van der Waals surface area contributed by atoms with E-state index in [2.05, 4.69) is 15.4 Å². The zero-order chi connectivity index (χ0) is 16.4. The molecule has 6 nitrogen and oxygen atoms in total. The van der Waals surface area contributed by atoms with Gasteiger partial charge in [0.05, 0.1) is 17.9 Å². The first-order valence-electron chi connectivity index (χ1n) is 6.37. The van der Waals surface area contributed by atoms with Gasteiger partial charge >= 0.3 is 6.18 Å². The second-order valence-electron chi connectivity index (χ2n) is 4.52. The van der Waals surface area contributed by atoms with Crippen molar-refractivity contribution in [1.82, 2.24) is 20.2 Å². The Kier molecular flexibility index (Phi) is 4.50. The Morgan fingerprint density at radius 3 is 2.64 bits per heavy atom. The normalized spacial score (nSPS) is 12.5. The molecule has 0 spiro atoms. The maximum atomic E-state index is 12.7. The largest absolute Gasteiger partial charge is 0.416 e. The van der Waals surface area contributed by atoms with Gasteiger partial charge in [-0.25, -0.2) is 8.42 Å². The highest BCUT2D eigenvalue weighted by Crippen LogP contribution is 2.31. The summed E-state index contributed by atoms with van der Waals surface area (Å²) in [5.41, 5.74) is -0.644. The average Bonchev–Trinajstić information content (AvgIpc) is 2.94. The van der Waals surface area contributed by atoms with E-state index in [0.29, 0.717) is 0 Å². The van der Waals surface area contributed by atoms with E-state index >= 15 is 0 Å². The summed E-state index contributed by atoms with van der Waals surface area (Å²) in [7, 11) is -3.18. The van der Waals surface area contributed by atoms with Crippen molar-refractivity contribution in [2.75, 3.05) is 11.5 Å². The average molecular weight is 334 g/mol. The maximum absolute atomic E-state index is 12.7. The van der Waals surface area contributed by atoms with Crippen LogP contribution in [0.1, 0.15) is 12.5 Å². The predicted octanol–water partition coefficient (Wildman–Crippen LogP) is 1.79. The SMILES string of the molecule is CCS(=O)(=O)CCn1nnc(-c2cccc(C(F)(F)F)c2)n1. The van der Waals surface area contributed by atoms with Crippen molar-refractivity contribution in [3.05, 3.63) is 29.8 Å². The highest BCUT2D eigenvalue weighted by atomic mass is 32.2. The van der Waals surface area contributed by atoms with Gasteiger partial charge < -0.3 is 0 Å². The van der Waals surface area contributed by atoms with Crippen LogP contribution in [-0.2, 0) is 22.6 Å². The Balaban J connectivity index is 2.18. The molecule has 0 amide bonds. The molecule has 0 aliphatic heterocycles. The van der Waals surface area contributed by atoms with Crippen molar-refractivity contribution in [1.29, 1.82) is 0 Å². The van der Waals surface area contributed by atoms with Crippen LogP contribution >= 0.6 is 0 Å². The lowest BCUT2D eigenvalue weighted by atomic mass is 10.1. The Morgan fingerprint density at radius 1 is 1.27 bits per heavy atom. The second kappa shape index (κ2) is 6.03. The molecule has 0 unspecified atom stereocenters. The fraction of sp³-hybridized carbons (Fsp3) is 0.417. The number of tetrazole rings is 1. The van der Waals surface area contributed by atoms with Crippen LogP contribution < -0.4 is 0 Å². The van der Waals surface area contributed by atoms with E-state index in [0.717, 1.165) is 16.9 Å². The molecule has 2 aromatic rings. The molecule has 120 valence electrons. The third-order valence-electron chi connectivity index (χ3n) is 2.94. The molecule has 1 heterocycles. The number of nitrogens with zero attached hydrogens (tertiary/aromatic N) is 4. The summed E-state index contributed by atoms with van der Waals surface area (Å²) < 4.78 is 60.7. The Bertz CT molecular complexity index is 756. The number of alkyl halides is 3. The first kappa shape index (κ1) is 16.4. The summed E-state index contributed by atoms with van der Waals surface area (Å²) in [6.07, 6.45) is -4.46. The van der Waals surface area contributed by atoms with Gasteiger partial charge in [0.1, 0.15) is 0 Å². The number of hydrogen-bond donors (Lipinski definition) is 0. The minimum absolute atomic E-state index is 0.00212. The number of benzene rings is 1. The van der Waals surface area contributed by atoms with Gasteiger partial charge in [0, 0.05) is 11.3 Å².